The predicted octanol–water partition coefficient (Wildman–Crippen LogP) is 5.84. The number of allylic oxidation sites excluding steroid dienone is 1. The molecule has 27 heavy (non-hydrogen) atoms. The molecule has 4 rings (SSSR count). The number of nitrogens with zero attached hydrogens (tertiary/aromatic N) is 1. The standard InChI is InChI=1S/C24H27NO2/c26-22-12-8-19(9-13-22)24(18-5-1-2-6-18)20-10-14-23(15-11-20)27-17-21-7-3-4-16-25-21/h4,8-16,18,24,26H,1-3,5-7,17H2. The highest BCUT2D eigenvalue weighted by molar-refractivity contribution is 5.87. The van der Waals surface area contributed by atoms with Crippen LogP contribution in [0.1, 0.15) is 55.6 Å². The molecule has 1 heterocycles. The Hall–Kier alpha value is -2.55. The Balaban J connectivity index is 1.50. The van der Waals surface area contributed by atoms with E-state index in [4.69, 9.17) is 4.74 Å². The van der Waals surface area contributed by atoms with Gasteiger partial charge in [0.25, 0.3) is 0 Å². The van der Waals surface area contributed by atoms with Crippen LogP contribution in [-0.4, -0.2) is 17.4 Å². The van der Waals surface area contributed by atoms with Crippen molar-refractivity contribution in [3.8, 4) is 11.5 Å². The lowest BCUT2D eigenvalue weighted by Crippen LogP contribution is -2.13. The topological polar surface area (TPSA) is 41.8 Å². The summed E-state index contributed by atoms with van der Waals surface area (Å²) in [5.41, 5.74) is 3.73. The van der Waals surface area contributed by atoms with E-state index in [-0.39, 0.29) is 0 Å². The van der Waals surface area contributed by atoms with Crippen LogP contribution in [0.5, 0.6) is 11.5 Å². The molecule has 2 aromatic rings. The molecule has 0 aromatic heterocycles. The SMILES string of the molecule is Oc1ccc(C(c2ccc(OCC3=NC=CCC3)cc2)C2CCCC2)cc1. The number of hydrogen-bond donors (Lipinski definition) is 1. The number of rotatable bonds is 6. The number of hydrogen-bond acceptors (Lipinski definition) is 3. The summed E-state index contributed by atoms with van der Waals surface area (Å²) in [6, 6.07) is 16.3. The summed E-state index contributed by atoms with van der Waals surface area (Å²) < 4.78 is 5.93. The molecule has 1 unspecified atom stereocenters. The van der Waals surface area contributed by atoms with E-state index in [0.717, 1.165) is 24.3 Å². The molecular formula is C24H27NO2. The Kier molecular flexibility index (Phi) is 5.57. The van der Waals surface area contributed by atoms with Crippen LogP contribution in [-0.2, 0) is 0 Å². The van der Waals surface area contributed by atoms with E-state index in [1.165, 1.54) is 36.8 Å². The smallest absolute Gasteiger partial charge is 0.126 e. The fourth-order valence-corrected chi connectivity index (χ4v) is 4.30. The van der Waals surface area contributed by atoms with Gasteiger partial charge in [0.1, 0.15) is 18.1 Å². The van der Waals surface area contributed by atoms with Crippen molar-refractivity contribution in [3.05, 3.63) is 71.9 Å². The third-order valence-corrected chi connectivity index (χ3v) is 5.73. The average molecular weight is 361 g/mol. The molecule has 1 saturated carbocycles. The van der Waals surface area contributed by atoms with Crippen LogP contribution < -0.4 is 4.74 Å². The molecule has 1 fully saturated rings. The van der Waals surface area contributed by atoms with Crippen molar-refractivity contribution in [2.45, 2.75) is 44.4 Å². The fraction of sp³-hybridized carbons (Fsp3) is 0.375. The number of benzene rings is 2. The summed E-state index contributed by atoms with van der Waals surface area (Å²) in [4.78, 5) is 4.38. The van der Waals surface area contributed by atoms with Gasteiger partial charge in [0.15, 0.2) is 0 Å². The van der Waals surface area contributed by atoms with Crippen LogP contribution in [0.4, 0.5) is 0 Å². The predicted molar refractivity (Wildman–Crippen MR) is 110 cm³/mol. The van der Waals surface area contributed by atoms with Gasteiger partial charge in [0.2, 0.25) is 0 Å². The minimum absolute atomic E-state index is 0.327. The number of ether oxygens (including phenoxy) is 1. The Morgan fingerprint density at radius 1 is 0.963 bits per heavy atom. The van der Waals surface area contributed by atoms with Gasteiger partial charge < -0.3 is 9.84 Å². The van der Waals surface area contributed by atoms with E-state index >= 15 is 0 Å². The Labute approximate surface area is 161 Å². The van der Waals surface area contributed by atoms with E-state index in [1.807, 2.05) is 6.20 Å². The first kappa shape index (κ1) is 17.8. The Morgan fingerprint density at radius 3 is 2.26 bits per heavy atom. The van der Waals surface area contributed by atoms with E-state index < -0.39 is 0 Å². The quantitative estimate of drug-likeness (QED) is 0.702. The highest BCUT2D eigenvalue weighted by Crippen LogP contribution is 2.42. The molecule has 140 valence electrons. The van der Waals surface area contributed by atoms with Crippen molar-refractivity contribution in [2.75, 3.05) is 6.61 Å². The summed E-state index contributed by atoms with van der Waals surface area (Å²) in [7, 11) is 0. The van der Waals surface area contributed by atoms with E-state index in [0.29, 0.717) is 24.2 Å². The van der Waals surface area contributed by atoms with Crippen molar-refractivity contribution in [1.29, 1.82) is 0 Å². The second kappa shape index (κ2) is 8.43. The molecule has 1 atom stereocenters. The molecule has 2 aromatic carbocycles. The molecular weight excluding hydrogens is 334 g/mol. The zero-order valence-electron chi connectivity index (χ0n) is 15.7. The second-order valence-electron chi connectivity index (χ2n) is 7.59. The third kappa shape index (κ3) is 4.41. The molecule has 0 radical (unpaired) electrons. The number of phenolic OH excluding ortho intramolecular Hbond substituents is 1. The molecule has 1 aliphatic heterocycles. The third-order valence-electron chi connectivity index (χ3n) is 5.73. The lowest BCUT2D eigenvalue weighted by molar-refractivity contribution is 0.373. The van der Waals surface area contributed by atoms with Gasteiger partial charge in [-0.2, -0.15) is 0 Å². The van der Waals surface area contributed by atoms with Crippen molar-refractivity contribution >= 4 is 5.71 Å². The van der Waals surface area contributed by atoms with Crippen LogP contribution >= 0.6 is 0 Å². The van der Waals surface area contributed by atoms with Crippen molar-refractivity contribution in [2.24, 2.45) is 10.9 Å². The van der Waals surface area contributed by atoms with Gasteiger partial charge in [-0.3, -0.25) is 4.99 Å². The average Bonchev–Trinajstić information content (AvgIpc) is 3.24. The molecule has 1 aliphatic carbocycles. The van der Waals surface area contributed by atoms with E-state index in [9.17, 15) is 5.11 Å². The van der Waals surface area contributed by atoms with Gasteiger partial charge in [0, 0.05) is 12.1 Å². The van der Waals surface area contributed by atoms with Crippen molar-refractivity contribution < 1.29 is 9.84 Å². The molecule has 0 bridgehead atoms. The van der Waals surface area contributed by atoms with Gasteiger partial charge in [-0.1, -0.05) is 43.2 Å². The summed E-state index contributed by atoms with van der Waals surface area (Å²) in [5, 5.41) is 9.65. The first-order valence-electron chi connectivity index (χ1n) is 10.0. The van der Waals surface area contributed by atoms with Crippen molar-refractivity contribution in [1.82, 2.24) is 0 Å². The zero-order valence-corrected chi connectivity index (χ0v) is 15.7. The van der Waals surface area contributed by atoms with E-state index in [2.05, 4.69) is 47.5 Å². The molecule has 0 saturated heterocycles. The van der Waals surface area contributed by atoms with Crippen LogP contribution in [0.15, 0.2) is 65.8 Å². The van der Waals surface area contributed by atoms with Crippen LogP contribution in [0.2, 0.25) is 0 Å². The fourth-order valence-electron chi connectivity index (χ4n) is 4.30. The van der Waals surface area contributed by atoms with Gasteiger partial charge in [-0.05, 0) is 67.0 Å². The van der Waals surface area contributed by atoms with E-state index in [1.54, 1.807) is 12.1 Å². The lowest BCUT2D eigenvalue weighted by Gasteiger charge is -2.25. The maximum Gasteiger partial charge on any atom is 0.126 e. The lowest BCUT2D eigenvalue weighted by atomic mass is 9.80. The van der Waals surface area contributed by atoms with Crippen LogP contribution in [0.3, 0.4) is 0 Å². The van der Waals surface area contributed by atoms with Gasteiger partial charge >= 0.3 is 0 Å². The maximum atomic E-state index is 9.65. The molecule has 3 heteroatoms. The van der Waals surface area contributed by atoms with Gasteiger partial charge in [-0.15, -0.1) is 0 Å². The van der Waals surface area contributed by atoms with Gasteiger partial charge in [-0.25, -0.2) is 0 Å². The Morgan fingerprint density at radius 2 is 1.63 bits per heavy atom. The van der Waals surface area contributed by atoms with Crippen LogP contribution in [0, 0.1) is 5.92 Å². The number of phenols is 1. The first-order valence-corrected chi connectivity index (χ1v) is 10.0. The molecule has 1 N–H and O–H groups in total. The van der Waals surface area contributed by atoms with Crippen LogP contribution in [0.25, 0.3) is 0 Å². The highest BCUT2D eigenvalue weighted by Gasteiger charge is 2.27. The Bertz CT molecular complexity index is 799. The summed E-state index contributed by atoms with van der Waals surface area (Å²) in [6.45, 7) is 0.563. The molecule has 3 nitrogen and oxygen atoms in total. The normalized spacial score (nSPS) is 18.3. The molecule has 2 aliphatic rings. The van der Waals surface area contributed by atoms with Crippen molar-refractivity contribution in [3.63, 3.8) is 0 Å². The molecule has 0 amide bonds. The highest BCUT2D eigenvalue weighted by atomic mass is 16.5. The second-order valence-corrected chi connectivity index (χ2v) is 7.59. The molecule has 0 spiro atoms. The number of aromatic hydroxyl groups is 1. The summed E-state index contributed by atoms with van der Waals surface area (Å²) in [5.74, 6) is 2.28. The first-order chi connectivity index (χ1) is 13.3. The minimum atomic E-state index is 0.327. The largest absolute Gasteiger partial charge is 0.508 e. The summed E-state index contributed by atoms with van der Waals surface area (Å²) in [6.07, 6.45) is 11.2. The number of aliphatic imine (C=N–C) groups is 1. The summed E-state index contributed by atoms with van der Waals surface area (Å²) >= 11 is 0. The van der Waals surface area contributed by atoms with Gasteiger partial charge in [0.05, 0.1) is 5.71 Å². The monoisotopic (exact) mass is 361 g/mol. The minimum Gasteiger partial charge on any atom is -0.508 e. The zero-order chi connectivity index (χ0) is 18.5. The maximum absolute atomic E-state index is 9.65.